The molecule has 0 saturated heterocycles. The summed E-state index contributed by atoms with van der Waals surface area (Å²) in [4.78, 5) is 11.0. The van der Waals surface area contributed by atoms with Crippen LogP contribution in [0.5, 0.6) is 0 Å². The van der Waals surface area contributed by atoms with E-state index in [-0.39, 0.29) is 12.5 Å². The van der Waals surface area contributed by atoms with E-state index in [1.165, 1.54) is 5.56 Å². The van der Waals surface area contributed by atoms with Gasteiger partial charge in [0, 0.05) is 12.6 Å². The van der Waals surface area contributed by atoms with Crippen LogP contribution in [-0.2, 0) is 17.8 Å². The molecule has 0 radical (unpaired) electrons. The van der Waals surface area contributed by atoms with Crippen molar-refractivity contribution in [1.29, 1.82) is 0 Å². The number of carboxylic acid groups (broad SMARTS) is 1. The molecule has 3 nitrogen and oxygen atoms in total. The second-order valence-electron chi connectivity index (χ2n) is 5.35. The molecule has 2 N–H and O–H groups in total. The second kappa shape index (κ2) is 7.60. The largest absolute Gasteiger partial charge is 0.481 e. The Hall–Kier alpha value is -2.13. The molecule has 0 fully saturated rings. The second-order valence-corrected chi connectivity index (χ2v) is 5.35. The molecule has 110 valence electrons. The molecule has 3 heteroatoms. The first-order chi connectivity index (χ1) is 10.1. The van der Waals surface area contributed by atoms with Crippen LogP contribution in [0.15, 0.2) is 54.6 Å². The zero-order chi connectivity index (χ0) is 15.1. The van der Waals surface area contributed by atoms with Crippen LogP contribution in [-0.4, -0.2) is 17.1 Å². The molecule has 21 heavy (non-hydrogen) atoms. The number of hydrogen-bond acceptors (Lipinski definition) is 2. The summed E-state index contributed by atoms with van der Waals surface area (Å²) in [5.74, 6) is -0.771. The number of benzene rings is 2. The number of carboxylic acids is 1. The van der Waals surface area contributed by atoms with Gasteiger partial charge in [-0.1, -0.05) is 60.2 Å². The molecular formula is C18H21NO2. The Morgan fingerprint density at radius 1 is 1.05 bits per heavy atom. The summed E-state index contributed by atoms with van der Waals surface area (Å²) in [6, 6.07) is 18.2. The maximum absolute atomic E-state index is 11.0. The Morgan fingerprint density at radius 2 is 1.71 bits per heavy atom. The van der Waals surface area contributed by atoms with Gasteiger partial charge in [0.1, 0.15) is 0 Å². The summed E-state index contributed by atoms with van der Waals surface area (Å²) in [7, 11) is 0. The van der Waals surface area contributed by atoms with Crippen molar-refractivity contribution in [3.8, 4) is 0 Å². The molecule has 1 unspecified atom stereocenters. The fraction of sp³-hybridized carbons (Fsp3) is 0.278. The van der Waals surface area contributed by atoms with Gasteiger partial charge in [0.25, 0.3) is 0 Å². The van der Waals surface area contributed by atoms with Crippen LogP contribution < -0.4 is 5.32 Å². The summed E-state index contributed by atoms with van der Waals surface area (Å²) >= 11 is 0. The van der Waals surface area contributed by atoms with E-state index in [0.717, 1.165) is 17.5 Å². The number of aliphatic carboxylic acids is 1. The monoisotopic (exact) mass is 283 g/mol. The Balaban J connectivity index is 1.97. The topological polar surface area (TPSA) is 49.3 Å². The highest BCUT2D eigenvalue weighted by Gasteiger charge is 2.13. The number of hydrogen-bond donors (Lipinski definition) is 2. The molecule has 2 aromatic rings. The quantitative estimate of drug-likeness (QED) is 0.820. The van der Waals surface area contributed by atoms with E-state index in [1.807, 2.05) is 37.3 Å². The van der Waals surface area contributed by atoms with E-state index in [2.05, 4.69) is 29.6 Å². The normalized spacial score (nSPS) is 12.0. The average Bonchev–Trinajstić information content (AvgIpc) is 2.48. The van der Waals surface area contributed by atoms with Gasteiger partial charge >= 0.3 is 5.97 Å². The van der Waals surface area contributed by atoms with Crippen LogP contribution in [0.3, 0.4) is 0 Å². The van der Waals surface area contributed by atoms with Gasteiger partial charge in [-0.25, -0.2) is 0 Å². The first-order valence-corrected chi connectivity index (χ1v) is 7.18. The molecule has 1 atom stereocenters. The molecule has 0 bridgehead atoms. The smallest absolute Gasteiger partial charge is 0.304 e. The van der Waals surface area contributed by atoms with E-state index in [9.17, 15) is 4.79 Å². The fourth-order valence-electron chi connectivity index (χ4n) is 2.29. The standard InChI is InChI=1S/C18H21NO2/c1-14-7-9-15(10-8-14)11-17(12-18(20)21)19-13-16-5-3-2-4-6-16/h2-10,17,19H,11-13H2,1H3,(H,20,21). The van der Waals surface area contributed by atoms with Gasteiger partial charge in [-0.05, 0) is 24.5 Å². The third-order valence-electron chi connectivity index (χ3n) is 3.46. The zero-order valence-corrected chi connectivity index (χ0v) is 12.3. The predicted octanol–water partition coefficient (Wildman–Crippen LogP) is 3.17. The van der Waals surface area contributed by atoms with Crippen molar-refractivity contribution >= 4 is 5.97 Å². The molecule has 0 spiro atoms. The van der Waals surface area contributed by atoms with Crippen LogP contribution in [0, 0.1) is 6.92 Å². The SMILES string of the molecule is Cc1ccc(CC(CC(=O)O)NCc2ccccc2)cc1. The van der Waals surface area contributed by atoms with E-state index in [1.54, 1.807) is 0 Å². The van der Waals surface area contributed by atoms with Crippen LogP contribution in [0.1, 0.15) is 23.1 Å². The van der Waals surface area contributed by atoms with Gasteiger partial charge < -0.3 is 10.4 Å². The van der Waals surface area contributed by atoms with Crippen molar-refractivity contribution in [3.63, 3.8) is 0 Å². The third-order valence-corrected chi connectivity index (χ3v) is 3.46. The molecule has 0 amide bonds. The minimum Gasteiger partial charge on any atom is -0.481 e. The number of aryl methyl sites for hydroxylation is 1. The van der Waals surface area contributed by atoms with Gasteiger partial charge in [-0.3, -0.25) is 4.79 Å². The maximum Gasteiger partial charge on any atom is 0.304 e. The van der Waals surface area contributed by atoms with Crippen LogP contribution in [0.4, 0.5) is 0 Å². The van der Waals surface area contributed by atoms with Crippen molar-refractivity contribution in [2.75, 3.05) is 0 Å². The summed E-state index contributed by atoms with van der Waals surface area (Å²) < 4.78 is 0. The van der Waals surface area contributed by atoms with Gasteiger partial charge in [-0.15, -0.1) is 0 Å². The summed E-state index contributed by atoms with van der Waals surface area (Å²) in [5, 5.41) is 12.4. The average molecular weight is 283 g/mol. The minimum atomic E-state index is -0.771. The highest BCUT2D eigenvalue weighted by atomic mass is 16.4. The molecule has 0 saturated carbocycles. The molecule has 0 heterocycles. The lowest BCUT2D eigenvalue weighted by molar-refractivity contribution is -0.137. The highest BCUT2D eigenvalue weighted by Crippen LogP contribution is 2.09. The molecule has 0 aliphatic carbocycles. The number of carbonyl (C=O) groups is 1. The lowest BCUT2D eigenvalue weighted by Crippen LogP contribution is -2.33. The zero-order valence-electron chi connectivity index (χ0n) is 12.3. The Morgan fingerprint density at radius 3 is 2.33 bits per heavy atom. The first-order valence-electron chi connectivity index (χ1n) is 7.18. The molecule has 2 rings (SSSR count). The van der Waals surface area contributed by atoms with Gasteiger partial charge in [0.15, 0.2) is 0 Å². The van der Waals surface area contributed by atoms with E-state index in [4.69, 9.17) is 5.11 Å². The highest BCUT2D eigenvalue weighted by molar-refractivity contribution is 5.67. The molecule has 2 aromatic carbocycles. The number of nitrogens with one attached hydrogen (secondary N) is 1. The lowest BCUT2D eigenvalue weighted by Gasteiger charge is -2.17. The molecule has 0 aromatic heterocycles. The van der Waals surface area contributed by atoms with E-state index >= 15 is 0 Å². The van der Waals surface area contributed by atoms with Crippen LogP contribution in [0.2, 0.25) is 0 Å². The summed E-state index contributed by atoms with van der Waals surface area (Å²) in [5.41, 5.74) is 3.54. The van der Waals surface area contributed by atoms with Gasteiger partial charge in [-0.2, -0.15) is 0 Å². The maximum atomic E-state index is 11.0. The third kappa shape index (κ3) is 5.40. The van der Waals surface area contributed by atoms with Crippen LogP contribution >= 0.6 is 0 Å². The van der Waals surface area contributed by atoms with Crippen molar-refractivity contribution in [2.24, 2.45) is 0 Å². The molecular weight excluding hydrogens is 262 g/mol. The fourth-order valence-corrected chi connectivity index (χ4v) is 2.29. The van der Waals surface area contributed by atoms with Crippen molar-refractivity contribution in [1.82, 2.24) is 5.32 Å². The Kier molecular flexibility index (Phi) is 5.52. The predicted molar refractivity (Wildman–Crippen MR) is 84.2 cm³/mol. The first kappa shape index (κ1) is 15.3. The van der Waals surface area contributed by atoms with Gasteiger partial charge in [0.05, 0.1) is 6.42 Å². The van der Waals surface area contributed by atoms with Crippen molar-refractivity contribution in [2.45, 2.75) is 32.4 Å². The van der Waals surface area contributed by atoms with E-state index < -0.39 is 5.97 Å². The summed E-state index contributed by atoms with van der Waals surface area (Å²) in [6.45, 7) is 2.73. The summed E-state index contributed by atoms with van der Waals surface area (Å²) in [6.07, 6.45) is 0.847. The molecule has 0 aliphatic rings. The van der Waals surface area contributed by atoms with Crippen molar-refractivity contribution < 1.29 is 9.90 Å². The van der Waals surface area contributed by atoms with Gasteiger partial charge in [0.2, 0.25) is 0 Å². The minimum absolute atomic E-state index is 0.0644. The van der Waals surface area contributed by atoms with E-state index in [0.29, 0.717) is 6.54 Å². The number of rotatable bonds is 7. The van der Waals surface area contributed by atoms with Crippen LogP contribution in [0.25, 0.3) is 0 Å². The lowest BCUT2D eigenvalue weighted by atomic mass is 10.0. The molecule has 0 aliphatic heterocycles. The van der Waals surface area contributed by atoms with Crippen molar-refractivity contribution in [3.05, 3.63) is 71.3 Å². The Bertz CT molecular complexity index is 564. The Labute approximate surface area is 125 Å².